The van der Waals surface area contributed by atoms with Gasteiger partial charge in [0.1, 0.15) is 5.75 Å². The molecule has 1 unspecified atom stereocenters. The van der Waals surface area contributed by atoms with Crippen LogP contribution in [0, 0.1) is 0 Å². The number of hydrogen-bond acceptors (Lipinski definition) is 4. The molecule has 0 radical (unpaired) electrons. The predicted molar refractivity (Wildman–Crippen MR) is 90.4 cm³/mol. The lowest BCUT2D eigenvalue weighted by Gasteiger charge is -2.17. The minimum absolute atomic E-state index is 0.0438. The van der Waals surface area contributed by atoms with Crippen LogP contribution in [-0.4, -0.2) is 26.1 Å². The number of hydrogen-bond donors (Lipinski definition) is 0. The monoisotopic (exact) mass is 325 g/mol. The molecule has 0 fully saturated rings. The number of methoxy groups -OCH3 is 2. The molecule has 0 spiro atoms. The fourth-order valence-electron chi connectivity index (χ4n) is 2.87. The molecule has 24 heavy (non-hydrogen) atoms. The molecule has 5 heteroatoms. The summed E-state index contributed by atoms with van der Waals surface area (Å²) in [4.78, 5) is 26.0. The summed E-state index contributed by atoms with van der Waals surface area (Å²) >= 11 is 0. The highest BCUT2D eigenvalue weighted by molar-refractivity contribution is 6.10. The van der Waals surface area contributed by atoms with Crippen molar-refractivity contribution in [3.63, 3.8) is 0 Å². The lowest BCUT2D eigenvalue weighted by molar-refractivity contribution is -0.141. The van der Waals surface area contributed by atoms with Crippen molar-refractivity contribution in [1.82, 2.24) is 0 Å². The number of nitrogens with zero attached hydrogens (tertiary/aromatic N) is 1. The van der Waals surface area contributed by atoms with Crippen molar-refractivity contribution in [1.29, 1.82) is 0 Å². The van der Waals surface area contributed by atoms with E-state index in [-0.39, 0.29) is 17.8 Å². The highest BCUT2D eigenvalue weighted by atomic mass is 16.5. The summed E-state index contributed by atoms with van der Waals surface area (Å²) in [6, 6.07) is 13.0. The van der Waals surface area contributed by atoms with Gasteiger partial charge in [-0.3, -0.25) is 9.59 Å². The third kappa shape index (κ3) is 2.73. The van der Waals surface area contributed by atoms with Crippen LogP contribution >= 0.6 is 0 Å². The zero-order valence-corrected chi connectivity index (χ0v) is 13.9. The first-order valence-electron chi connectivity index (χ1n) is 7.71. The molecule has 0 bridgehead atoms. The minimum atomic E-state index is -0.334. The summed E-state index contributed by atoms with van der Waals surface area (Å²) in [7, 11) is 2.96. The Bertz CT molecular complexity index is 782. The van der Waals surface area contributed by atoms with Crippen LogP contribution in [0.5, 0.6) is 5.75 Å². The van der Waals surface area contributed by atoms with Gasteiger partial charge >= 0.3 is 5.97 Å². The lowest BCUT2D eigenvalue weighted by Crippen LogP contribution is -2.23. The quantitative estimate of drug-likeness (QED) is 0.811. The van der Waals surface area contributed by atoms with Crippen LogP contribution < -0.4 is 9.64 Å². The molecule has 2 aromatic carbocycles. The molecular formula is C19H19NO4. The average molecular weight is 325 g/mol. The lowest BCUT2D eigenvalue weighted by atomic mass is 10.0. The first-order valence-corrected chi connectivity index (χ1v) is 7.71. The number of ether oxygens (including phenoxy) is 2. The number of esters is 1. The smallest absolute Gasteiger partial charge is 0.312 e. The molecule has 124 valence electrons. The van der Waals surface area contributed by atoms with Gasteiger partial charge in [0.05, 0.1) is 26.7 Å². The van der Waals surface area contributed by atoms with Crippen molar-refractivity contribution in [2.45, 2.75) is 19.4 Å². The number of rotatable bonds is 4. The van der Waals surface area contributed by atoms with Gasteiger partial charge in [-0.1, -0.05) is 18.2 Å². The maximum atomic E-state index is 12.6. The molecule has 3 rings (SSSR count). The molecule has 2 aromatic rings. The normalized spacial score (nSPS) is 14.3. The van der Waals surface area contributed by atoms with E-state index in [1.54, 1.807) is 25.0 Å². The zero-order chi connectivity index (χ0) is 17.3. The molecule has 0 saturated carbocycles. The third-order valence-electron chi connectivity index (χ3n) is 4.38. The van der Waals surface area contributed by atoms with Crippen LogP contribution in [0.25, 0.3) is 0 Å². The molecule has 1 amide bonds. The van der Waals surface area contributed by atoms with E-state index in [0.29, 0.717) is 17.9 Å². The van der Waals surface area contributed by atoms with E-state index < -0.39 is 0 Å². The summed E-state index contributed by atoms with van der Waals surface area (Å²) in [6.45, 7) is 2.33. The minimum Gasteiger partial charge on any atom is -0.497 e. The van der Waals surface area contributed by atoms with Gasteiger partial charge in [0, 0.05) is 11.3 Å². The summed E-state index contributed by atoms with van der Waals surface area (Å²) in [5.41, 5.74) is 3.31. The molecule has 0 saturated heterocycles. The van der Waals surface area contributed by atoms with Crippen molar-refractivity contribution < 1.29 is 19.1 Å². The van der Waals surface area contributed by atoms with Crippen molar-refractivity contribution in [2.75, 3.05) is 19.1 Å². The third-order valence-corrected chi connectivity index (χ3v) is 4.38. The van der Waals surface area contributed by atoms with Crippen LogP contribution in [0.1, 0.15) is 34.3 Å². The van der Waals surface area contributed by atoms with Gasteiger partial charge in [0.15, 0.2) is 0 Å². The number of fused-ring (bicyclic) bond motifs is 1. The molecular weight excluding hydrogens is 306 g/mol. The average Bonchev–Trinajstić information content (AvgIpc) is 2.96. The number of anilines is 1. The number of amides is 1. The fourth-order valence-corrected chi connectivity index (χ4v) is 2.87. The molecule has 1 atom stereocenters. The maximum absolute atomic E-state index is 12.6. The van der Waals surface area contributed by atoms with Crippen molar-refractivity contribution in [3.8, 4) is 5.75 Å². The Hall–Kier alpha value is -2.82. The summed E-state index contributed by atoms with van der Waals surface area (Å²) in [6.07, 6.45) is 0. The summed E-state index contributed by atoms with van der Waals surface area (Å²) in [5, 5.41) is 0. The van der Waals surface area contributed by atoms with Crippen LogP contribution in [0.3, 0.4) is 0 Å². The highest BCUT2D eigenvalue weighted by Crippen LogP contribution is 2.31. The Morgan fingerprint density at radius 3 is 2.46 bits per heavy atom. The molecule has 0 aliphatic carbocycles. The summed E-state index contributed by atoms with van der Waals surface area (Å²) < 4.78 is 9.95. The van der Waals surface area contributed by atoms with Crippen LogP contribution in [-0.2, 0) is 16.1 Å². The molecule has 0 N–H and O–H groups in total. The summed E-state index contributed by atoms with van der Waals surface area (Å²) in [5.74, 6) is 0.0168. The van der Waals surface area contributed by atoms with Crippen LogP contribution in [0.15, 0.2) is 42.5 Å². The largest absolute Gasteiger partial charge is 0.497 e. The second-order valence-corrected chi connectivity index (χ2v) is 5.75. The van der Waals surface area contributed by atoms with Gasteiger partial charge < -0.3 is 14.4 Å². The van der Waals surface area contributed by atoms with E-state index in [4.69, 9.17) is 9.47 Å². The molecule has 1 heterocycles. The first-order chi connectivity index (χ1) is 11.5. The van der Waals surface area contributed by atoms with Gasteiger partial charge in [-0.2, -0.15) is 0 Å². The molecule has 5 nitrogen and oxygen atoms in total. The molecule has 1 aliphatic heterocycles. The Labute approximate surface area is 140 Å². The van der Waals surface area contributed by atoms with E-state index in [0.717, 1.165) is 16.8 Å². The zero-order valence-electron chi connectivity index (χ0n) is 13.9. The Kier molecular flexibility index (Phi) is 4.25. The van der Waals surface area contributed by atoms with Crippen molar-refractivity contribution in [2.24, 2.45) is 0 Å². The SMILES string of the molecule is COC(=O)C(C)c1ccc(N2Cc3ccc(OC)cc3C2=O)cc1. The number of carbonyl (C=O) groups excluding carboxylic acids is 2. The number of carbonyl (C=O) groups is 2. The topological polar surface area (TPSA) is 55.8 Å². The van der Waals surface area contributed by atoms with E-state index in [2.05, 4.69) is 0 Å². The first kappa shape index (κ1) is 16.1. The van der Waals surface area contributed by atoms with Gasteiger partial charge in [-0.25, -0.2) is 0 Å². The van der Waals surface area contributed by atoms with Gasteiger partial charge in [-0.15, -0.1) is 0 Å². The Morgan fingerprint density at radius 1 is 1.12 bits per heavy atom. The molecule has 0 aromatic heterocycles. The fraction of sp³-hybridized carbons (Fsp3) is 0.263. The Morgan fingerprint density at radius 2 is 1.83 bits per heavy atom. The second-order valence-electron chi connectivity index (χ2n) is 5.75. The van der Waals surface area contributed by atoms with E-state index >= 15 is 0 Å². The Balaban J connectivity index is 1.83. The van der Waals surface area contributed by atoms with Crippen LogP contribution in [0.4, 0.5) is 5.69 Å². The van der Waals surface area contributed by atoms with Crippen molar-refractivity contribution >= 4 is 17.6 Å². The van der Waals surface area contributed by atoms with Gasteiger partial charge in [0.2, 0.25) is 0 Å². The van der Waals surface area contributed by atoms with E-state index in [1.807, 2.05) is 36.4 Å². The second kappa shape index (κ2) is 6.35. The predicted octanol–water partition coefficient (Wildman–Crippen LogP) is 3.13. The maximum Gasteiger partial charge on any atom is 0.312 e. The number of benzene rings is 2. The van der Waals surface area contributed by atoms with Crippen LogP contribution in [0.2, 0.25) is 0 Å². The van der Waals surface area contributed by atoms with Gasteiger partial charge in [0.25, 0.3) is 5.91 Å². The highest BCUT2D eigenvalue weighted by Gasteiger charge is 2.29. The standard InChI is InChI=1S/C19H19NO4/c1-12(19(22)24-3)13-4-7-15(8-5-13)20-11-14-6-9-16(23-2)10-17(14)18(20)21/h4-10,12H,11H2,1-3H3. The van der Waals surface area contributed by atoms with E-state index in [1.165, 1.54) is 7.11 Å². The van der Waals surface area contributed by atoms with E-state index in [9.17, 15) is 9.59 Å². The molecule has 1 aliphatic rings. The van der Waals surface area contributed by atoms with Crippen molar-refractivity contribution in [3.05, 3.63) is 59.2 Å². The van der Waals surface area contributed by atoms with Gasteiger partial charge in [-0.05, 0) is 42.3 Å².